The molecular weight excluding hydrogens is 693 g/mol. The third-order valence-electron chi connectivity index (χ3n) is 9.42. The lowest BCUT2D eigenvalue weighted by Gasteiger charge is -2.42. The minimum absolute atomic E-state index is 0.000112. The molecule has 6 rings (SSSR count). The molecule has 12 heteroatoms. The molecule has 0 saturated carbocycles. The number of likely N-dealkylation sites (N-methyl/N-ethyl adjacent to an activating group) is 1. The van der Waals surface area contributed by atoms with E-state index in [4.69, 9.17) is 9.47 Å². The molecule has 2 heterocycles. The van der Waals surface area contributed by atoms with Crippen LogP contribution in [0.1, 0.15) is 57.6 Å². The van der Waals surface area contributed by atoms with E-state index in [2.05, 4.69) is 29.2 Å². The summed E-state index contributed by atoms with van der Waals surface area (Å²) in [5, 5.41) is 11.8. The first-order chi connectivity index (χ1) is 25.5. The van der Waals surface area contributed by atoms with Gasteiger partial charge in [-0.25, -0.2) is 22.0 Å². The molecule has 1 aromatic heterocycles. The molecule has 5 aromatic rings. The number of ether oxygens (including phenoxy) is 2. The standard InChI is InChI=1S/C41H38F5N3O4/c1-24-32(22-49(2)19-17-31-8-3-4-18-47-31)52-41(53-39(24)28-11-9-25(23-50)10-12-28)29-15-13-27(14-16-29)30-7-5-6-26(20-30)21-48-40(51)33-34(42)36(44)38(46)37(45)35(33)43/h3-16,18,20,24,32,39,41,50H,17,19,21-23H2,1-2H3,(H,48,51)/t24-,32+,39+,41+/m0/s1. The minimum Gasteiger partial charge on any atom is -0.392 e. The minimum atomic E-state index is -2.33. The fraction of sp³-hybridized carbons (Fsp3) is 0.268. The molecule has 0 radical (unpaired) electrons. The van der Waals surface area contributed by atoms with Crippen LogP contribution >= 0.6 is 0 Å². The van der Waals surface area contributed by atoms with Gasteiger partial charge in [-0.1, -0.05) is 79.7 Å². The number of amides is 1. The summed E-state index contributed by atoms with van der Waals surface area (Å²) in [4.78, 5) is 19.1. The number of carbonyl (C=O) groups is 1. The second-order valence-electron chi connectivity index (χ2n) is 13.1. The average Bonchev–Trinajstić information content (AvgIpc) is 3.19. The zero-order valence-corrected chi connectivity index (χ0v) is 29.0. The molecule has 2 N–H and O–H groups in total. The number of nitrogens with one attached hydrogen (secondary N) is 1. The van der Waals surface area contributed by atoms with E-state index in [1.54, 1.807) is 24.4 Å². The highest BCUT2D eigenvalue weighted by atomic mass is 19.2. The van der Waals surface area contributed by atoms with Gasteiger partial charge in [0.15, 0.2) is 29.6 Å². The summed E-state index contributed by atoms with van der Waals surface area (Å²) in [6.07, 6.45) is 1.44. The van der Waals surface area contributed by atoms with Crippen molar-refractivity contribution in [3.8, 4) is 11.1 Å². The summed E-state index contributed by atoms with van der Waals surface area (Å²) >= 11 is 0. The second-order valence-corrected chi connectivity index (χ2v) is 13.1. The summed E-state index contributed by atoms with van der Waals surface area (Å²) in [7, 11) is 2.06. The van der Waals surface area contributed by atoms with E-state index < -0.39 is 46.8 Å². The van der Waals surface area contributed by atoms with Crippen LogP contribution in [0.2, 0.25) is 0 Å². The van der Waals surface area contributed by atoms with Gasteiger partial charge in [0.25, 0.3) is 5.91 Å². The SMILES string of the molecule is C[C@H]1[C@@H](CN(C)CCc2ccccn2)O[C@@H](c2ccc(-c3cccc(CNC(=O)c4c(F)c(F)c(F)c(F)c4F)c3)cc2)O[C@H]1c1ccc(CO)cc1. The molecule has 0 spiro atoms. The maximum Gasteiger partial charge on any atom is 0.257 e. The summed E-state index contributed by atoms with van der Waals surface area (Å²) in [6.45, 7) is 3.27. The Kier molecular flexibility index (Phi) is 11.9. The van der Waals surface area contributed by atoms with Crippen LogP contribution < -0.4 is 5.32 Å². The van der Waals surface area contributed by atoms with Crippen molar-refractivity contribution in [3.63, 3.8) is 0 Å². The van der Waals surface area contributed by atoms with Crippen LogP contribution in [0, 0.1) is 35.0 Å². The number of aliphatic hydroxyl groups is 1. The van der Waals surface area contributed by atoms with Crippen LogP contribution in [0.25, 0.3) is 11.1 Å². The third kappa shape index (κ3) is 8.63. The molecule has 4 atom stereocenters. The van der Waals surface area contributed by atoms with E-state index in [0.717, 1.165) is 46.5 Å². The Balaban J connectivity index is 1.16. The average molecular weight is 732 g/mol. The lowest BCUT2D eigenvalue weighted by Crippen LogP contribution is -2.43. The van der Waals surface area contributed by atoms with Crippen molar-refractivity contribution in [1.82, 2.24) is 15.2 Å². The molecule has 1 saturated heterocycles. The van der Waals surface area contributed by atoms with E-state index in [0.29, 0.717) is 12.1 Å². The Morgan fingerprint density at radius 2 is 1.47 bits per heavy atom. The fourth-order valence-electron chi connectivity index (χ4n) is 6.35. The first-order valence-electron chi connectivity index (χ1n) is 17.1. The maximum absolute atomic E-state index is 14.1. The summed E-state index contributed by atoms with van der Waals surface area (Å²) in [5.41, 5.74) is 4.15. The van der Waals surface area contributed by atoms with Gasteiger partial charge in [-0.15, -0.1) is 0 Å². The van der Waals surface area contributed by atoms with Crippen LogP contribution in [0.3, 0.4) is 0 Å². The molecule has 7 nitrogen and oxygen atoms in total. The number of halogens is 5. The van der Waals surface area contributed by atoms with Crippen LogP contribution in [0.4, 0.5) is 22.0 Å². The topological polar surface area (TPSA) is 83.9 Å². The Hall–Kier alpha value is -5.01. The lowest BCUT2D eigenvalue weighted by molar-refractivity contribution is -0.275. The highest BCUT2D eigenvalue weighted by Crippen LogP contribution is 2.42. The number of aliphatic hydroxyl groups excluding tert-OH is 1. The quantitative estimate of drug-likeness (QED) is 0.0774. The van der Waals surface area contributed by atoms with E-state index in [-0.39, 0.29) is 31.3 Å². The third-order valence-corrected chi connectivity index (χ3v) is 9.42. The normalized spacial score (nSPS) is 18.7. The first kappa shape index (κ1) is 37.7. The number of carbonyl (C=O) groups excluding carboxylic acids is 1. The van der Waals surface area contributed by atoms with Gasteiger partial charge in [0.05, 0.1) is 18.8 Å². The molecule has 1 fully saturated rings. The monoisotopic (exact) mass is 731 g/mol. The Morgan fingerprint density at radius 1 is 0.792 bits per heavy atom. The zero-order chi connectivity index (χ0) is 37.6. The van der Waals surface area contributed by atoms with Crippen molar-refractivity contribution >= 4 is 5.91 Å². The Labute approximate surface area is 304 Å². The molecular formula is C41H38F5N3O4. The first-order valence-corrected chi connectivity index (χ1v) is 17.1. The molecule has 1 amide bonds. The van der Waals surface area contributed by atoms with Crippen molar-refractivity contribution in [2.75, 3.05) is 20.1 Å². The molecule has 0 aliphatic carbocycles. The second kappa shape index (κ2) is 16.8. The number of nitrogens with zero attached hydrogens (tertiary/aromatic N) is 2. The molecule has 0 bridgehead atoms. The summed E-state index contributed by atoms with van der Waals surface area (Å²) in [6, 6.07) is 28.1. The number of benzene rings is 4. The smallest absolute Gasteiger partial charge is 0.257 e. The van der Waals surface area contributed by atoms with Crippen LogP contribution in [0.5, 0.6) is 0 Å². The van der Waals surface area contributed by atoms with Gasteiger partial charge in [-0.3, -0.25) is 9.78 Å². The van der Waals surface area contributed by atoms with Crippen molar-refractivity contribution in [1.29, 1.82) is 0 Å². The number of aromatic nitrogens is 1. The number of pyridine rings is 1. The van der Waals surface area contributed by atoms with Gasteiger partial charge in [0, 0.05) is 49.4 Å². The largest absolute Gasteiger partial charge is 0.392 e. The van der Waals surface area contributed by atoms with Crippen molar-refractivity contribution in [2.45, 2.75) is 45.0 Å². The highest BCUT2D eigenvalue weighted by molar-refractivity contribution is 5.94. The van der Waals surface area contributed by atoms with Gasteiger partial charge < -0.3 is 24.8 Å². The van der Waals surface area contributed by atoms with E-state index in [9.17, 15) is 31.9 Å². The highest BCUT2D eigenvalue weighted by Gasteiger charge is 2.39. The van der Waals surface area contributed by atoms with Gasteiger partial charge in [-0.05, 0) is 53.1 Å². The van der Waals surface area contributed by atoms with E-state index in [1.807, 2.05) is 72.8 Å². The molecule has 1 aliphatic rings. The van der Waals surface area contributed by atoms with Crippen molar-refractivity contribution in [2.24, 2.45) is 5.92 Å². The van der Waals surface area contributed by atoms with Crippen LogP contribution in [0.15, 0.2) is 97.2 Å². The van der Waals surface area contributed by atoms with E-state index in [1.165, 1.54) is 0 Å². The molecule has 276 valence electrons. The Morgan fingerprint density at radius 3 is 2.13 bits per heavy atom. The number of hydrogen-bond acceptors (Lipinski definition) is 6. The predicted molar refractivity (Wildman–Crippen MR) is 188 cm³/mol. The number of rotatable bonds is 12. The van der Waals surface area contributed by atoms with Gasteiger partial charge in [0.1, 0.15) is 5.56 Å². The van der Waals surface area contributed by atoms with Crippen molar-refractivity contribution in [3.05, 3.63) is 160 Å². The van der Waals surface area contributed by atoms with Gasteiger partial charge >= 0.3 is 0 Å². The molecule has 4 aromatic carbocycles. The lowest BCUT2D eigenvalue weighted by atomic mass is 9.90. The molecule has 53 heavy (non-hydrogen) atoms. The molecule has 0 unspecified atom stereocenters. The van der Waals surface area contributed by atoms with E-state index >= 15 is 0 Å². The number of hydrogen-bond donors (Lipinski definition) is 2. The van der Waals surface area contributed by atoms with Crippen molar-refractivity contribution < 1.29 is 41.3 Å². The van der Waals surface area contributed by atoms with Gasteiger partial charge in [0.2, 0.25) is 5.82 Å². The van der Waals surface area contributed by atoms with Crippen LogP contribution in [-0.4, -0.2) is 47.1 Å². The Bertz CT molecular complexity index is 2000. The summed E-state index contributed by atoms with van der Waals surface area (Å²) < 4.78 is 82.2. The van der Waals surface area contributed by atoms with Gasteiger partial charge in [-0.2, -0.15) is 0 Å². The maximum atomic E-state index is 14.1. The molecule has 1 aliphatic heterocycles. The van der Waals surface area contributed by atoms with Crippen LogP contribution in [-0.2, 0) is 29.0 Å². The predicted octanol–water partition coefficient (Wildman–Crippen LogP) is 7.83. The fourth-order valence-corrected chi connectivity index (χ4v) is 6.35. The summed E-state index contributed by atoms with van der Waals surface area (Å²) in [5.74, 6) is -12.5. The zero-order valence-electron chi connectivity index (χ0n) is 29.0.